The highest BCUT2D eigenvalue weighted by molar-refractivity contribution is 5.86. The lowest BCUT2D eigenvalue weighted by atomic mass is 9.72. The Kier molecular flexibility index (Phi) is 3.46. The van der Waals surface area contributed by atoms with Crippen LogP contribution in [-0.2, 0) is 9.59 Å². The van der Waals surface area contributed by atoms with Crippen LogP contribution < -0.4 is 5.32 Å². The Morgan fingerprint density at radius 1 is 1.50 bits per heavy atom. The van der Waals surface area contributed by atoms with Gasteiger partial charge in [-0.3, -0.25) is 9.59 Å². The fourth-order valence-electron chi connectivity index (χ4n) is 3.31. The van der Waals surface area contributed by atoms with Crippen LogP contribution in [0.25, 0.3) is 0 Å². The van der Waals surface area contributed by atoms with Crippen molar-refractivity contribution in [3.8, 4) is 0 Å². The molecular formula is C14H22N2O2. The lowest BCUT2D eigenvalue weighted by Gasteiger charge is -2.32. The van der Waals surface area contributed by atoms with Crippen molar-refractivity contribution in [1.82, 2.24) is 10.2 Å². The molecule has 0 aromatic rings. The van der Waals surface area contributed by atoms with E-state index in [1.54, 1.807) is 26.0 Å². The van der Waals surface area contributed by atoms with E-state index in [0.717, 1.165) is 19.3 Å². The van der Waals surface area contributed by atoms with Gasteiger partial charge in [0.15, 0.2) is 0 Å². The average Bonchev–Trinajstić information content (AvgIpc) is 2.95. The van der Waals surface area contributed by atoms with Gasteiger partial charge in [0.05, 0.1) is 5.92 Å². The SMILES string of the molecule is CNC(=O)C(CC(=O)N(C)C)C12C=CC(CC1)C2. The highest BCUT2D eigenvalue weighted by Gasteiger charge is 2.49. The third kappa shape index (κ3) is 2.16. The Hall–Kier alpha value is -1.32. The molecular weight excluding hydrogens is 228 g/mol. The maximum absolute atomic E-state index is 12.1. The molecule has 1 N–H and O–H groups in total. The predicted octanol–water partition coefficient (Wildman–Crippen LogP) is 1.18. The Bertz CT molecular complexity index is 389. The van der Waals surface area contributed by atoms with Crippen molar-refractivity contribution in [2.24, 2.45) is 17.3 Å². The van der Waals surface area contributed by atoms with E-state index in [-0.39, 0.29) is 23.1 Å². The van der Waals surface area contributed by atoms with Crippen LogP contribution in [0.1, 0.15) is 25.7 Å². The molecule has 0 heterocycles. The molecule has 2 rings (SSSR count). The molecule has 3 unspecified atom stereocenters. The van der Waals surface area contributed by atoms with Gasteiger partial charge in [0.2, 0.25) is 11.8 Å². The van der Waals surface area contributed by atoms with Gasteiger partial charge in [-0.25, -0.2) is 0 Å². The molecule has 2 amide bonds. The first-order valence-electron chi connectivity index (χ1n) is 6.59. The lowest BCUT2D eigenvalue weighted by Crippen LogP contribution is -2.41. The summed E-state index contributed by atoms with van der Waals surface area (Å²) in [5, 5.41) is 2.72. The molecule has 1 saturated carbocycles. The van der Waals surface area contributed by atoms with E-state index in [0.29, 0.717) is 12.3 Å². The van der Waals surface area contributed by atoms with Crippen molar-refractivity contribution >= 4 is 11.8 Å². The van der Waals surface area contributed by atoms with Gasteiger partial charge in [0, 0.05) is 33.0 Å². The fraction of sp³-hybridized carbons (Fsp3) is 0.714. The van der Waals surface area contributed by atoms with Crippen LogP contribution in [0.4, 0.5) is 0 Å². The summed E-state index contributed by atoms with van der Waals surface area (Å²) in [4.78, 5) is 25.6. The summed E-state index contributed by atoms with van der Waals surface area (Å²) in [5.74, 6) is 0.423. The first kappa shape index (κ1) is 13.1. The van der Waals surface area contributed by atoms with Crippen molar-refractivity contribution in [2.45, 2.75) is 25.7 Å². The summed E-state index contributed by atoms with van der Waals surface area (Å²) in [6.07, 6.45) is 7.94. The zero-order chi connectivity index (χ0) is 13.3. The molecule has 2 aliphatic carbocycles. The van der Waals surface area contributed by atoms with Gasteiger partial charge in [-0.1, -0.05) is 12.2 Å². The van der Waals surface area contributed by atoms with E-state index in [1.165, 1.54) is 0 Å². The lowest BCUT2D eigenvalue weighted by molar-refractivity contribution is -0.137. The Balaban J connectivity index is 2.18. The summed E-state index contributed by atoms with van der Waals surface area (Å²) >= 11 is 0. The standard InChI is InChI=1S/C14H22N2O2/c1-15-13(18)11(8-12(17)16(2)3)14-6-4-10(9-14)5-7-14/h4,6,10-11H,5,7-9H2,1-3H3,(H,15,18). The van der Waals surface area contributed by atoms with Gasteiger partial charge in [0.25, 0.3) is 0 Å². The van der Waals surface area contributed by atoms with E-state index in [1.807, 2.05) is 0 Å². The molecule has 0 radical (unpaired) electrons. The molecule has 3 atom stereocenters. The molecule has 0 saturated heterocycles. The summed E-state index contributed by atoms with van der Waals surface area (Å²) < 4.78 is 0. The zero-order valence-corrected chi connectivity index (χ0v) is 11.4. The van der Waals surface area contributed by atoms with E-state index in [4.69, 9.17) is 0 Å². The van der Waals surface area contributed by atoms with Gasteiger partial charge >= 0.3 is 0 Å². The number of nitrogens with zero attached hydrogens (tertiary/aromatic N) is 1. The van der Waals surface area contributed by atoms with Crippen molar-refractivity contribution in [1.29, 1.82) is 0 Å². The van der Waals surface area contributed by atoms with Crippen LogP contribution in [0.5, 0.6) is 0 Å². The Morgan fingerprint density at radius 2 is 2.22 bits per heavy atom. The normalized spacial score (nSPS) is 30.3. The first-order chi connectivity index (χ1) is 8.48. The second kappa shape index (κ2) is 4.75. The molecule has 0 aromatic carbocycles. The van der Waals surface area contributed by atoms with E-state index >= 15 is 0 Å². The van der Waals surface area contributed by atoms with Crippen LogP contribution in [-0.4, -0.2) is 37.9 Å². The average molecular weight is 250 g/mol. The van der Waals surface area contributed by atoms with Crippen molar-refractivity contribution < 1.29 is 9.59 Å². The number of fused-ring (bicyclic) bond motifs is 2. The molecule has 0 spiro atoms. The minimum atomic E-state index is -0.221. The van der Waals surface area contributed by atoms with E-state index in [9.17, 15) is 9.59 Å². The molecule has 2 bridgehead atoms. The van der Waals surface area contributed by atoms with Gasteiger partial charge in [-0.05, 0) is 25.2 Å². The quantitative estimate of drug-likeness (QED) is 0.762. The summed E-state index contributed by atoms with van der Waals surface area (Å²) in [7, 11) is 5.13. The number of carbonyl (C=O) groups excluding carboxylic acids is 2. The maximum Gasteiger partial charge on any atom is 0.224 e. The Labute approximate surface area is 108 Å². The molecule has 100 valence electrons. The number of nitrogens with one attached hydrogen (secondary N) is 1. The maximum atomic E-state index is 12.1. The molecule has 0 aromatic heterocycles. The van der Waals surface area contributed by atoms with Crippen molar-refractivity contribution in [3.63, 3.8) is 0 Å². The summed E-state index contributed by atoms with van der Waals surface area (Å²) in [6.45, 7) is 0. The highest BCUT2D eigenvalue weighted by Crippen LogP contribution is 2.54. The second-order valence-corrected chi connectivity index (χ2v) is 5.75. The third-order valence-corrected chi connectivity index (χ3v) is 4.46. The van der Waals surface area contributed by atoms with Gasteiger partial charge in [0.1, 0.15) is 0 Å². The van der Waals surface area contributed by atoms with Gasteiger partial charge in [-0.15, -0.1) is 0 Å². The van der Waals surface area contributed by atoms with Gasteiger partial charge < -0.3 is 10.2 Å². The fourth-order valence-corrected chi connectivity index (χ4v) is 3.31. The van der Waals surface area contributed by atoms with Crippen LogP contribution in [0.15, 0.2) is 12.2 Å². The number of allylic oxidation sites excluding steroid dienone is 2. The molecule has 18 heavy (non-hydrogen) atoms. The third-order valence-electron chi connectivity index (χ3n) is 4.46. The number of carbonyl (C=O) groups is 2. The number of hydrogen-bond acceptors (Lipinski definition) is 2. The summed E-state index contributed by atoms with van der Waals surface area (Å²) in [6, 6.07) is 0. The number of amides is 2. The molecule has 4 nitrogen and oxygen atoms in total. The molecule has 0 aliphatic heterocycles. The van der Waals surface area contributed by atoms with Crippen molar-refractivity contribution in [3.05, 3.63) is 12.2 Å². The predicted molar refractivity (Wildman–Crippen MR) is 69.8 cm³/mol. The molecule has 1 fully saturated rings. The van der Waals surface area contributed by atoms with Crippen molar-refractivity contribution in [2.75, 3.05) is 21.1 Å². The number of rotatable bonds is 4. The second-order valence-electron chi connectivity index (χ2n) is 5.75. The Morgan fingerprint density at radius 3 is 2.61 bits per heavy atom. The van der Waals surface area contributed by atoms with E-state index in [2.05, 4.69) is 17.5 Å². The van der Waals surface area contributed by atoms with Crippen LogP contribution >= 0.6 is 0 Å². The molecule has 2 aliphatic rings. The van der Waals surface area contributed by atoms with Crippen LogP contribution in [0, 0.1) is 17.3 Å². The highest BCUT2D eigenvalue weighted by atomic mass is 16.2. The summed E-state index contributed by atoms with van der Waals surface area (Å²) in [5.41, 5.74) is -0.0730. The van der Waals surface area contributed by atoms with E-state index < -0.39 is 0 Å². The molecule has 4 heteroatoms. The van der Waals surface area contributed by atoms with Crippen LogP contribution in [0.3, 0.4) is 0 Å². The van der Waals surface area contributed by atoms with Gasteiger partial charge in [-0.2, -0.15) is 0 Å². The first-order valence-corrected chi connectivity index (χ1v) is 6.59. The zero-order valence-electron chi connectivity index (χ0n) is 11.4. The number of hydrogen-bond donors (Lipinski definition) is 1. The topological polar surface area (TPSA) is 49.4 Å². The minimum Gasteiger partial charge on any atom is -0.359 e. The smallest absolute Gasteiger partial charge is 0.224 e. The monoisotopic (exact) mass is 250 g/mol. The largest absolute Gasteiger partial charge is 0.359 e. The minimum absolute atomic E-state index is 0.00241. The van der Waals surface area contributed by atoms with Crippen LogP contribution in [0.2, 0.25) is 0 Å².